The monoisotopic (exact) mass is 176 g/mol. The molecule has 0 N–H and O–H groups in total. The molecule has 5 heteroatoms. The predicted octanol–water partition coefficient (Wildman–Crippen LogP) is 2.06. The number of aryl methyl sites for hydroxylation is 1. The minimum Gasteiger partial charge on any atom is -0.257 e. The van der Waals surface area contributed by atoms with Gasteiger partial charge in [0.1, 0.15) is 0 Å². The number of hydrogen-bond acceptors (Lipinski definition) is 2. The van der Waals surface area contributed by atoms with Crippen LogP contribution in [0.25, 0.3) is 0 Å². The van der Waals surface area contributed by atoms with Crippen molar-refractivity contribution in [3.63, 3.8) is 0 Å². The molecule has 1 heterocycles. The first-order valence-electron chi connectivity index (χ1n) is 3.42. The highest BCUT2D eigenvalue weighted by atomic mass is 19.4. The largest absolute Gasteiger partial charge is 0.434 e. The topological polar surface area (TPSA) is 25.8 Å². The Hall–Kier alpha value is -1.13. The van der Waals surface area contributed by atoms with E-state index in [0.717, 1.165) is 12.4 Å². The molecule has 2 nitrogen and oxygen atoms in total. The first kappa shape index (κ1) is 8.96. The molecule has 0 saturated heterocycles. The summed E-state index contributed by atoms with van der Waals surface area (Å²) in [5, 5.41) is 0. The highest BCUT2D eigenvalue weighted by molar-refractivity contribution is 5.04. The molecule has 0 radical (unpaired) electrons. The number of nitrogens with zero attached hydrogens (tertiary/aromatic N) is 2. The van der Waals surface area contributed by atoms with Crippen molar-refractivity contribution >= 4 is 0 Å². The van der Waals surface area contributed by atoms with E-state index in [1.807, 2.05) is 0 Å². The van der Waals surface area contributed by atoms with Gasteiger partial charge >= 0.3 is 6.18 Å². The Labute approximate surface area is 67.5 Å². The van der Waals surface area contributed by atoms with Crippen molar-refractivity contribution in [3.05, 3.63) is 23.8 Å². The van der Waals surface area contributed by atoms with E-state index in [-0.39, 0.29) is 0 Å². The lowest BCUT2D eigenvalue weighted by Crippen LogP contribution is -2.08. The van der Waals surface area contributed by atoms with Gasteiger partial charge in [-0.05, 0) is 6.42 Å². The van der Waals surface area contributed by atoms with Gasteiger partial charge in [-0.1, -0.05) is 6.92 Å². The van der Waals surface area contributed by atoms with Crippen molar-refractivity contribution in [2.24, 2.45) is 0 Å². The number of hydrogen-bond donors (Lipinski definition) is 0. The molecule has 1 aromatic rings. The Morgan fingerprint density at radius 1 is 1.25 bits per heavy atom. The maximum Gasteiger partial charge on any atom is 0.434 e. The fraction of sp³-hybridized carbons (Fsp3) is 0.429. The van der Waals surface area contributed by atoms with Crippen LogP contribution in [-0.4, -0.2) is 9.97 Å². The van der Waals surface area contributed by atoms with Crippen LogP contribution in [0, 0.1) is 0 Å². The molecule has 0 aliphatic carbocycles. The van der Waals surface area contributed by atoms with Gasteiger partial charge in [-0.3, -0.25) is 4.98 Å². The average Bonchev–Trinajstić information content (AvgIpc) is 2.03. The zero-order valence-corrected chi connectivity index (χ0v) is 6.39. The zero-order chi connectivity index (χ0) is 9.19. The van der Waals surface area contributed by atoms with Crippen molar-refractivity contribution in [2.45, 2.75) is 19.5 Å². The summed E-state index contributed by atoms with van der Waals surface area (Å²) in [6, 6.07) is 0. The van der Waals surface area contributed by atoms with Crippen LogP contribution in [0.2, 0.25) is 0 Å². The molecule has 0 unspecified atom stereocenters. The molecule has 66 valence electrons. The maximum absolute atomic E-state index is 11.9. The Kier molecular flexibility index (Phi) is 2.30. The maximum atomic E-state index is 11.9. The minimum absolute atomic E-state index is 0.558. The van der Waals surface area contributed by atoms with E-state index in [2.05, 4.69) is 9.97 Å². The lowest BCUT2D eigenvalue weighted by molar-refractivity contribution is -0.141. The predicted molar refractivity (Wildman–Crippen MR) is 36.4 cm³/mol. The van der Waals surface area contributed by atoms with Crippen LogP contribution in [0.1, 0.15) is 18.3 Å². The zero-order valence-electron chi connectivity index (χ0n) is 6.39. The highest BCUT2D eigenvalue weighted by Crippen LogP contribution is 2.26. The first-order valence-corrected chi connectivity index (χ1v) is 3.42. The molecular formula is C7H7F3N2. The summed E-state index contributed by atoms with van der Waals surface area (Å²) in [6.07, 6.45) is -1.91. The molecule has 0 aliphatic rings. The second kappa shape index (κ2) is 3.08. The molecule has 1 rings (SSSR count). The molecule has 0 amide bonds. The van der Waals surface area contributed by atoms with Crippen LogP contribution in [0.3, 0.4) is 0 Å². The Morgan fingerprint density at radius 3 is 2.25 bits per heavy atom. The highest BCUT2D eigenvalue weighted by Gasteiger charge is 2.32. The fourth-order valence-corrected chi connectivity index (χ4v) is 0.684. The van der Waals surface area contributed by atoms with E-state index in [9.17, 15) is 13.2 Å². The molecule has 0 aromatic carbocycles. The van der Waals surface area contributed by atoms with Crippen LogP contribution < -0.4 is 0 Å². The summed E-state index contributed by atoms with van der Waals surface area (Å²) in [5.41, 5.74) is -0.386. The third-order valence-electron chi connectivity index (χ3n) is 1.36. The number of rotatable bonds is 1. The molecule has 12 heavy (non-hydrogen) atoms. The van der Waals surface area contributed by atoms with Crippen LogP contribution in [0.15, 0.2) is 12.4 Å². The Bertz CT molecular complexity index is 252. The summed E-state index contributed by atoms with van der Waals surface area (Å²) >= 11 is 0. The molecule has 0 aliphatic heterocycles. The Morgan fingerprint density at radius 2 is 1.92 bits per heavy atom. The third-order valence-corrected chi connectivity index (χ3v) is 1.36. The van der Waals surface area contributed by atoms with Crippen molar-refractivity contribution in [1.82, 2.24) is 9.97 Å². The average molecular weight is 176 g/mol. The van der Waals surface area contributed by atoms with Crippen LogP contribution in [-0.2, 0) is 12.6 Å². The van der Waals surface area contributed by atoms with Crippen molar-refractivity contribution < 1.29 is 13.2 Å². The molecule has 0 bridgehead atoms. The fourth-order valence-electron chi connectivity index (χ4n) is 0.684. The number of alkyl halides is 3. The molecule has 0 atom stereocenters. The summed E-state index contributed by atoms with van der Waals surface area (Å²) < 4.78 is 35.8. The van der Waals surface area contributed by atoms with E-state index in [1.165, 1.54) is 0 Å². The first-order chi connectivity index (χ1) is 5.54. The van der Waals surface area contributed by atoms with Crippen LogP contribution in [0.5, 0.6) is 0 Å². The van der Waals surface area contributed by atoms with E-state index >= 15 is 0 Å². The van der Waals surface area contributed by atoms with Gasteiger partial charge in [-0.15, -0.1) is 0 Å². The molecule has 1 aromatic heterocycles. The van der Waals surface area contributed by atoms with Gasteiger partial charge in [0.2, 0.25) is 0 Å². The minimum atomic E-state index is -4.39. The van der Waals surface area contributed by atoms with Crippen LogP contribution >= 0.6 is 0 Å². The number of halogens is 3. The van der Waals surface area contributed by atoms with E-state index in [1.54, 1.807) is 6.92 Å². The van der Waals surface area contributed by atoms with Gasteiger partial charge in [0.15, 0.2) is 5.69 Å². The lowest BCUT2D eigenvalue weighted by Gasteiger charge is -2.04. The summed E-state index contributed by atoms with van der Waals surface area (Å²) in [6.45, 7) is 1.80. The normalized spacial score (nSPS) is 11.7. The molecule has 0 fully saturated rings. The second-order valence-corrected chi connectivity index (χ2v) is 2.24. The third kappa shape index (κ3) is 1.93. The van der Waals surface area contributed by atoms with E-state index in [4.69, 9.17) is 0 Å². The lowest BCUT2D eigenvalue weighted by atomic mass is 10.3. The summed E-state index contributed by atoms with van der Waals surface area (Å²) in [4.78, 5) is 6.81. The van der Waals surface area contributed by atoms with Gasteiger partial charge in [0.05, 0.1) is 11.9 Å². The summed E-state index contributed by atoms with van der Waals surface area (Å²) in [7, 11) is 0. The quantitative estimate of drug-likeness (QED) is 0.654. The molecule has 0 spiro atoms. The van der Waals surface area contributed by atoms with Gasteiger partial charge in [0.25, 0.3) is 0 Å². The number of aromatic nitrogens is 2. The summed E-state index contributed by atoms with van der Waals surface area (Å²) in [5.74, 6) is 0. The van der Waals surface area contributed by atoms with E-state index < -0.39 is 11.9 Å². The van der Waals surface area contributed by atoms with Gasteiger partial charge < -0.3 is 0 Å². The standard InChI is InChI=1S/C7H7F3N2/c1-2-5-3-12-6(4-11-5)7(8,9)10/h3-4H,2H2,1H3. The molecular weight excluding hydrogens is 169 g/mol. The Balaban J connectivity index is 2.93. The molecule has 0 saturated carbocycles. The van der Waals surface area contributed by atoms with Crippen molar-refractivity contribution in [1.29, 1.82) is 0 Å². The van der Waals surface area contributed by atoms with Gasteiger partial charge in [-0.2, -0.15) is 13.2 Å². The SMILES string of the molecule is CCc1cnc(C(F)(F)F)cn1. The van der Waals surface area contributed by atoms with Crippen LogP contribution in [0.4, 0.5) is 13.2 Å². The van der Waals surface area contributed by atoms with Crippen molar-refractivity contribution in [3.8, 4) is 0 Å². The second-order valence-electron chi connectivity index (χ2n) is 2.24. The van der Waals surface area contributed by atoms with Gasteiger partial charge in [-0.25, -0.2) is 4.98 Å². The van der Waals surface area contributed by atoms with E-state index in [0.29, 0.717) is 12.1 Å². The van der Waals surface area contributed by atoms with Gasteiger partial charge in [0, 0.05) is 6.20 Å². The van der Waals surface area contributed by atoms with Crippen molar-refractivity contribution in [2.75, 3.05) is 0 Å². The smallest absolute Gasteiger partial charge is 0.257 e.